The molecule has 0 radical (unpaired) electrons. The molecule has 1 aromatic rings. The Labute approximate surface area is 130 Å². The van der Waals surface area contributed by atoms with Gasteiger partial charge in [0, 0.05) is 30.7 Å². The van der Waals surface area contributed by atoms with Crippen molar-refractivity contribution in [3.8, 4) is 0 Å². The highest BCUT2D eigenvalue weighted by Crippen LogP contribution is 2.32. The van der Waals surface area contributed by atoms with Crippen molar-refractivity contribution in [3.63, 3.8) is 0 Å². The van der Waals surface area contributed by atoms with Crippen LogP contribution in [0.2, 0.25) is 0 Å². The first-order valence-corrected chi connectivity index (χ1v) is 8.02. The Bertz CT molecular complexity index is 541. The predicted octanol–water partition coefficient (Wildman–Crippen LogP) is 2.15. The van der Waals surface area contributed by atoms with Crippen LogP contribution in [-0.2, 0) is 4.74 Å². The maximum Gasteiger partial charge on any atom is 0.253 e. The molecule has 4 nitrogen and oxygen atoms in total. The third-order valence-corrected chi connectivity index (χ3v) is 4.98. The Kier molecular flexibility index (Phi) is 4.45. The number of likely N-dealkylation sites (tertiary alicyclic amines) is 1. The molecule has 0 bridgehead atoms. The molecule has 3 rings (SSSR count). The van der Waals surface area contributed by atoms with Crippen LogP contribution in [0.5, 0.6) is 0 Å². The standard InChI is InChI=1S/C17H23FN2O2/c1-2-20-10-11-22-13-17(20)6-8-19(9-7-17)16(21)14-4-3-5-15(18)12-14/h3-5,12H,2,6-11,13H2,1H3. The second-order valence-corrected chi connectivity index (χ2v) is 6.16. The van der Waals surface area contributed by atoms with E-state index in [9.17, 15) is 9.18 Å². The van der Waals surface area contributed by atoms with Gasteiger partial charge in [0.05, 0.1) is 13.2 Å². The van der Waals surface area contributed by atoms with E-state index in [1.165, 1.54) is 12.1 Å². The van der Waals surface area contributed by atoms with E-state index >= 15 is 0 Å². The molecule has 2 aliphatic heterocycles. The minimum Gasteiger partial charge on any atom is -0.378 e. The summed E-state index contributed by atoms with van der Waals surface area (Å²) in [5.41, 5.74) is 0.509. The number of carbonyl (C=O) groups excluding carboxylic acids is 1. The lowest BCUT2D eigenvalue weighted by molar-refractivity contribution is -0.0893. The normalized spacial score (nSPS) is 22.0. The van der Waals surface area contributed by atoms with Gasteiger partial charge in [-0.1, -0.05) is 13.0 Å². The van der Waals surface area contributed by atoms with Gasteiger partial charge in [-0.25, -0.2) is 4.39 Å². The molecule has 0 N–H and O–H groups in total. The fourth-order valence-corrected chi connectivity index (χ4v) is 3.65. The molecular weight excluding hydrogens is 283 g/mol. The summed E-state index contributed by atoms with van der Waals surface area (Å²) >= 11 is 0. The van der Waals surface area contributed by atoms with E-state index in [1.807, 2.05) is 4.90 Å². The van der Waals surface area contributed by atoms with Gasteiger partial charge in [-0.2, -0.15) is 0 Å². The average molecular weight is 306 g/mol. The third kappa shape index (κ3) is 2.88. The third-order valence-electron chi connectivity index (χ3n) is 4.98. The zero-order valence-corrected chi connectivity index (χ0v) is 13.1. The molecular formula is C17H23FN2O2. The lowest BCUT2D eigenvalue weighted by Crippen LogP contribution is -2.61. The van der Waals surface area contributed by atoms with Crippen molar-refractivity contribution in [2.24, 2.45) is 0 Å². The number of hydrogen-bond acceptors (Lipinski definition) is 3. The van der Waals surface area contributed by atoms with E-state index in [0.717, 1.165) is 39.1 Å². The molecule has 22 heavy (non-hydrogen) atoms. The van der Waals surface area contributed by atoms with Crippen LogP contribution in [0, 0.1) is 5.82 Å². The summed E-state index contributed by atoms with van der Waals surface area (Å²) in [5.74, 6) is -0.439. The second kappa shape index (κ2) is 6.34. The number of nitrogens with zero attached hydrogens (tertiary/aromatic N) is 2. The second-order valence-electron chi connectivity index (χ2n) is 6.16. The molecule has 1 amide bonds. The van der Waals surface area contributed by atoms with Crippen LogP contribution in [0.4, 0.5) is 4.39 Å². The van der Waals surface area contributed by atoms with Crippen molar-refractivity contribution < 1.29 is 13.9 Å². The summed E-state index contributed by atoms with van der Waals surface area (Å²) < 4.78 is 19.0. The molecule has 2 fully saturated rings. The molecule has 5 heteroatoms. The van der Waals surface area contributed by atoms with Crippen molar-refractivity contribution in [1.29, 1.82) is 0 Å². The number of ether oxygens (including phenoxy) is 1. The SMILES string of the molecule is CCN1CCOCC12CCN(C(=O)c1cccc(F)c1)CC2. The van der Waals surface area contributed by atoms with Crippen LogP contribution in [0.3, 0.4) is 0 Å². The van der Waals surface area contributed by atoms with Crippen LogP contribution >= 0.6 is 0 Å². The Morgan fingerprint density at radius 2 is 2.09 bits per heavy atom. The van der Waals surface area contributed by atoms with Gasteiger partial charge < -0.3 is 9.64 Å². The highest BCUT2D eigenvalue weighted by molar-refractivity contribution is 5.94. The van der Waals surface area contributed by atoms with Crippen molar-refractivity contribution in [2.75, 3.05) is 39.4 Å². The summed E-state index contributed by atoms with van der Waals surface area (Å²) in [6.45, 7) is 7.11. The number of amides is 1. The topological polar surface area (TPSA) is 32.8 Å². The van der Waals surface area contributed by atoms with E-state index < -0.39 is 0 Å². The number of halogens is 1. The molecule has 0 aromatic heterocycles. The summed E-state index contributed by atoms with van der Waals surface area (Å²) in [4.78, 5) is 16.8. The van der Waals surface area contributed by atoms with Gasteiger partial charge in [0.25, 0.3) is 5.91 Å². The molecule has 0 aliphatic carbocycles. The lowest BCUT2D eigenvalue weighted by atomic mass is 9.85. The largest absolute Gasteiger partial charge is 0.378 e. The van der Waals surface area contributed by atoms with Crippen molar-refractivity contribution in [1.82, 2.24) is 9.80 Å². The molecule has 1 spiro atoms. The van der Waals surface area contributed by atoms with E-state index in [-0.39, 0.29) is 17.3 Å². The summed E-state index contributed by atoms with van der Waals surface area (Å²) in [6, 6.07) is 5.94. The van der Waals surface area contributed by atoms with Gasteiger partial charge in [0.2, 0.25) is 0 Å². The number of benzene rings is 1. The molecule has 0 atom stereocenters. The zero-order chi connectivity index (χ0) is 15.6. The van der Waals surface area contributed by atoms with Crippen LogP contribution < -0.4 is 0 Å². The summed E-state index contributed by atoms with van der Waals surface area (Å²) in [7, 11) is 0. The highest BCUT2D eigenvalue weighted by atomic mass is 19.1. The van der Waals surface area contributed by atoms with Crippen molar-refractivity contribution in [2.45, 2.75) is 25.3 Å². The van der Waals surface area contributed by atoms with E-state index in [4.69, 9.17) is 4.74 Å². The van der Waals surface area contributed by atoms with Crippen LogP contribution in [0.25, 0.3) is 0 Å². The van der Waals surface area contributed by atoms with Crippen LogP contribution in [0.15, 0.2) is 24.3 Å². The summed E-state index contributed by atoms with van der Waals surface area (Å²) in [6.07, 6.45) is 1.84. The number of piperidine rings is 1. The Hall–Kier alpha value is -1.46. The predicted molar refractivity (Wildman–Crippen MR) is 82.3 cm³/mol. The molecule has 120 valence electrons. The number of rotatable bonds is 2. The maximum atomic E-state index is 13.3. The van der Waals surface area contributed by atoms with Gasteiger partial charge >= 0.3 is 0 Å². The molecule has 2 saturated heterocycles. The fourth-order valence-electron chi connectivity index (χ4n) is 3.65. The number of morpholine rings is 1. The maximum absolute atomic E-state index is 13.3. The van der Waals surface area contributed by atoms with Gasteiger partial charge in [-0.15, -0.1) is 0 Å². The molecule has 2 heterocycles. The highest BCUT2D eigenvalue weighted by Gasteiger charge is 2.42. The first-order chi connectivity index (χ1) is 10.6. The summed E-state index contributed by atoms with van der Waals surface area (Å²) in [5, 5.41) is 0. The first-order valence-electron chi connectivity index (χ1n) is 8.02. The minimum absolute atomic E-state index is 0.0749. The minimum atomic E-state index is -0.364. The number of likely N-dealkylation sites (N-methyl/N-ethyl adjacent to an activating group) is 1. The molecule has 1 aromatic carbocycles. The van der Waals surface area contributed by atoms with E-state index in [0.29, 0.717) is 18.7 Å². The van der Waals surface area contributed by atoms with Crippen molar-refractivity contribution >= 4 is 5.91 Å². The van der Waals surface area contributed by atoms with Crippen molar-refractivity contribution in [3.05, 3.63) is 35.6 Å². The number of hydrogen-bond donors (Lipinski definition) is 0. The fraction of sp³-hybridized carbons (Fsp3) is 0.588. The Morgan fingerprint density at radius 3 is 2.77 bits per heavy atom. The molecule has 2 aliphatic rings. The Balaban J connectivity index is 1.67. The molecule has 0 unspecified atom stereocenters. The van der Waals surface area contributed by atoms with Gasteiger partial charge in [-0.05, 0) is 37.6 Å². The monoisotopic (exact) mass is 306 g/mol. The quantitative estimate of drug-likeness (QED) is 0.839. The van der Waals surface area contributed by atoms with Gasteiger partial charge in [-0.3, -0.25) is 9.69 Å². The zero-order valence-electron chi connectivity index (χ0n) is 13.1. The van der Waals surface area contributed by atoms with Gasteiger partial charge in [0.1, 0.15) is 5.82 Å². The number of carbonyl (C=O) groups is 1. The van der Waals surface area contributed by atoms with Gasteiger partial charge in [0.15, 0.2) is 0 Å². The molecule has 0 saturated carbocycles. The lowest BCUT2D eigenvalue weighted by Gasteiger charge is -2.50. The van der Waals surface area contributed by atoms with Crippen LogP contribution in [-0.4, -0.2) is 60.6 Å². The average Bonchev–Trinajstić information content (AvgIpc) is 2.55. The van der Waals surface area contributed by atoms with Crippen LogP contribution in [0.1, 0.15) is 30.1 Å². The first kappa shape index (κ1) is 15.4. The Morgan fingerprint density at radius 1 is 1.32 bits per heavy atom. The van der Waals surface area contributed by atoms with E-state index in [1.54, 1.807) is 12.1 Å². The smallest absolute Gasteiger partial charge is 0.253 e. The van der Waals surface area contributed by atoms with E-state index in [2.05, 4.69) is 11.8 Å².